The Kier molecular flexibility index (Phi) is 9.54. The minimum absolute atomic E-state index is 0.0182. The van der Waals surface area contributed by atoms with Crippen molar-refractivity contribution in [2.45, 2.75) is 54.6 Å². The number of fused-ring (bicyclic) bond motifs is 1. The molecule has 3 aliphatic heterocycles. The zero-order chi connectivity index (χ0) is 28.2. The van der Waals surface area contributed by atoms with E-state index in [4.69, 9.17) is 18.9 Å². The molecule has 0 bridgehead atoms. The van der Waals surface area contributed by atoms with E-state index in [0.29, 0.717) is 31.7 Å². The van der Waals surface area contributed by atoms with Crippen molar-refractivity contribution in [3.63, 3.8) is 0 Å². The lowest BCUT2D eigenvalue weighted by atomic mass is 9.91. The SMILES string of the molecule is B[C@H](NC(=O)O[C@@H]1CO[C@@H]2OCC[C@@H]21)[C@@H](O)CN(C[C@@H]1CCC(=O)N1CC=C)S(=O)(=O)c1ccc(OC)cc1. The van der Waals surface area contributed by atoms with E-state index in [0.717, 1.165) is 10.7 Å². The first-order valence-corrected chi connectivity index (χ1v) is 14.5. The fraction of sp³-hybridized carbons (Fsp3) is 0.600. The molecule has 1 aromatic carbocycles. The Bertz CT molecular complexity index is 1140. The van der Waals surface area contributed by atoms with Crippen LogP contribution >= 0.6 is 0 Å². The monoisotopic (exact) mass is 565 g/mol. The summed E-state index contributed by atoms with van der Waals surface area (Å²) in [5.41, 5.74) is 0. The molecule has 0 unspecified atom stereocenters. The summed E-state index contributed by atoms with van der Waals surface area (Å²) in [6, 6.07) is 5.55. The largest absolute Gasteiger partial charge is 0.497 e. The summed E-state index contributed by atoms with van der Waals surface area (Å²) in [4.78, 5) is 26.6. The number of likely N-dealkylation sites (tertiary alicyclic amines) is 1. The van der Waals surface area contributed by atoms with E-state index in [-0.39, 0.29) is 48.7 Å². The van der Waals surface area contributed by atoms with Crippen LogP contribution in [-0.2, 0) is 29.0 Å². The lowest BCUT2D eigenvalue weighted by Gasteiger charge is -2.32. The minimum atomic E-state index is -4.08. The van der Waals surface area contributed by atoms with Crippen molar-refractivity contribution in [3.8, 4) is 5.75 Å². The second-order valence-corrected chi connectivity index (χ2v) is 11.9. The maximum Gasteiger partial charge on any atom is 0.407 e. The van der Waals surface area contributed by atoms with Gasteiger partial charge in [0.05, 0.1) is 37.2 Å². The number of nitrogens with zero attached hydrogens (tertiary/aromatic N) is 2. The number of alkyl carbamates (subject to hydrolysis) is 1. The summed E-state index contributed by atoms with van der Waals surface area (Å²) in [6.45, 7) is 4.43. The number of amides is 2. The quantitative estimate of drug-likeness (QED) is 0.257. The molecule has 1 aromatic rings. The molecule has 2 amide bonds. The number of sulfonamides is 1. The van der Waals surface area contributed by atoms with Gasteiger partial charge >= 0.3 is 6.09 Å². The molecule has 0 spiro atoms. The van der Waals surface area contributed by atoms with Crippen molar-refractivity contribution in [3.05, 3.63) is 36.9 Å². The molecule has 12 nitrogen and oxygen atoms in total. The first-order valence-electron chi connectivity index (χ1n) is 13.1. The number of hydrogen-bond acceptors (Lipinski definition) is 9. The Morgan fingerprint density at radius 1 is 1.33 bits per heavy atom. The normalized spacial score (nSPS) is 26.3. The van der Waals surface area contributed by atoms with E-state index in [9.17, 15) is 23.1 Å². The standard InChI is InChI=1S/C25H36BN3O9S/c1-3-11-29-16(4-9-22(29)31)13-28(39(33,34)18-7-5-17(35-2)6-8-18)14-20(30)23(26)27-25(32)38-21-15-37-24-19(21)10-12-36-24/h3,5-8,16,19-21,23-24,30H,1,4,9-15,26H2,2H3,(H,27,32)/t16-,19+,20-,21+,23+,24-/m0/s1. The summed E-state index contributed by atoms with van der Waals surface area (Å²) >= 11 is 0. The lowest BCUT2D eigenvalue weighted by Crippen LogP contribution is -2.52. The average Bonchev–Trinajstić information content (AvgIpc) is 3.62. The Morgan fingerprint density at radius 2 is 2.08 bits per heavy atom. The van der Waals surface area contributed by atoms with E-state index in [1.807, 2.05) is 0 Å². The number of carbonyl (C=O) groups is 2. The molecule has 0 radical (unpaired) electrons. The van der Waals surface area contributed by atoms with E-state index in [1.54, 1.807) is 18.8 Å². The van der Waals surface area contributed by atoms with Crippen molar-refractivity contribution in [1.29, 1.82) is 0 Å². The number of benzene rings is 1. The van der Waals surface area contributed by atoms with Gasteiger partial charge in [0.1, 0.15) is 19.7 Å². The van der Waals surface area contributed by atoms with Crippen molar-refractivity contribution >= 4 is 29.9 Å². The van der Waals surface area contributed by atoms with Gasteiger partial charge in [-0.1, -0.05) is 6.08 Å². The van der Waals surface area contributed by atoms with Crippen molar-refractivity contribution in [2.75, 3.05) is 40.0 Å². The van der Waals surface area contributed by atoms with Gasteiger partial charge in [-0.3, -0.25) is 4.79 Å². The van der Waals surface area contributed by atoms with E-state index >= 15 is 0 Å². The second-order valence-electron chi connectivity index (χ2n) is 9.99. The molecule has 0 saturated carbocycles. The van der Waals surface area contributed by atoms with E-state index in [1.165, 1.54) is 31.4 Å². The van der Waals surface area contributed by atoms with Crippen molar-refractivity contribution in [1.82, 2.24) is 14.5 Å². The van der Waals surface area contributed by atoms with Gasteiger partial charge in [-0.05, 0) is 37.1 Å². The third-order valence-corrected chi connectivity index (χ3v) is 9.29. The van der Waals surface area contributed by atoms with Crippen LogP contribution in [0.3, 0.4) is 0 Å². The molecule has 3 fully saturated rings. The van der Waals surface area contributed by atoms with Gasteiger partial charge in [-0.15, -0.1) is 6.58 Å². The Labute approximate surface area is 229 Å². The zero-order valence-corrected chi connectivity index (χ0v) is 23.0. The smallest absolute Gasteiger partial charge is 0.407 e. The van der Waals surface area contributed by atoms with E-state index < -0.39 is 34.3 Å². The zero-order valence-electron chi connectivity index (χ0n) is 22.2. The maximum atomic E-state index is 13.7. The number of rotatable bonds is 12. The van der Waals surface area contributed by atoms with Crippen molar-refractivity contribution in [2.24, 2.45) is 5.92 Å². The molecule has 14 heteroatoms. The molecular weight excluding hydrogens is 529 g/mol. The first kappa shape index (κ1) is 29.3. The highest BCUT2D eigenvalue weighted by atomic mass is 32.2. The Balaban J connectivity index is 1.45. The van der Waals surface area contributed by atoms with Crippen LogP contribution in [0.1, 0.15) is 19.3 Å². The van der Waals surface area contributed by atoms with Gasteiger partial charge < -0.3 is 34.3 Å². The predicted molar refractivity (Wildman–Crippen MR) is 142 cm³/mol. The highest BCUT2D eigenvalue weighted by Crippen LogP contribution is 2.33. The molecule has 2 N–H and O–H groups in total. The average molecular weight is 565 g/mol. The summed E-state index contributed by atoms with van der Waals surface area (Å²) < 4.78 is 50.1. The second kappa shape index (κ2) is 12.7. The molecule has 3 heterocycles. The Morgan fingerprint density at radius 3 is 2.77 bits per heavy atom. The fourth-order valence-corrected chi connectivity index (χ4v) is 6.64. The molecule has 214 valence electrons. The van der Waals surface area contributed by atoms with Gasteiger partial charge in [0.2, 0.25) is 15.9 Å². The third-order valence-electron chi connectivity index (χ3n) is 7.45. The summed E-state index contributed by atoms with van der Waals surface area (Å²) in [5, 5.41) is 13.6. The number of aliphatic hydroxyl groups excluding tert-OH is 1. The van der Waals surface area contributed by atoms with Crippen LogP contribution < -0.4 is 10.1 Å². The van der Waals surface area contributed by atoms with Gasteiger partial charge in [-0.2, -0.15) is 4.31 Å². The van der Waals surface area contributed by atoms with Gasteiger partial charge in [0, 0.05) is 38.0 Å². The van der Waals surface area contributed by atoms with Gasteiger partial charge in [0.15, 0.2) is 6.29 Å². The first-order chi connectivity index (χ1) is 18.6. The molecule has 0 aromatic heterocycles. The summed E-state index contributed by atoms with van der Waals surface area (Å²) in [7, 11) is -1.02. The maximum absolute atomic E-state index is 13.7. The van der Waals surface area contributed by atoms with Gasteiger partial charge in [-0.25, -0.2) is 13.2 Å². The van der Waals surface area contributed by atoms with Crippen molar-refractivity contribution < 1.29 is 42.1 Å². The molecule has 0 aliphatic carbocycles. The van der Waals surface area contributed by atoms with Crippen LogP contribution in [0.2, 0.25) is 0 Å². The highest BCUT2D eigenvalue weighted by molar-refractivity contribution is 7.89. The minimum Gasteiger partial charge on any atom is -0.497 e. The van der Waals surface area contributed by atoms with Gasteiger partial charge in [0.25, 0.3) is 0 Å². The Hall–Kier alpha value is -2.65. The molecule has 39 heavy (non-hydrogen) atoms. The fourth-order valence-electron chi connectivity index (χ4n) is 5.14. The summed E-state index contributed by atoms with van der Waals surface area (Å²) in [6.07, 6.45) is 0.288. The molecule has 4 rings (SSSR count). The van der Waals surface area contributed by atoms with E-state index in [2.05, 4.69) is 11.9 Å². The molecule has 3 saturated heterocycles. The van der Waals surface area contributed by atoms with Crippen LogP contribution in [0.25, 0.3) is 0 Å². The lowest BCUT2D eigenvalue weighted by molar-refractivity contribution is -0.128. The number of ether oxygens (including phenoxy) is 4. The van der Waals surface area contributed by atoms with Crippen LogP contribution in [0.15, 0.2) is 41.8 Å². The number of carbonyl (C=O) groups excluding carboxylic acids is 2. The molecule has 3 aliphatic rings. The summed E-state index contributed by atoms with van der Waals surface area (Å²) in [5.74, 6) is -0.448. The number of aliphatic hydroxyl groups is 1. The number of hydrogen-bond donors (Lipinski definition) is 2. The van der Waals surface area contributed by atoms with Crippen LogP contribution in [-0.4, -0.2) is 113 Å². The predicted octanol–water partition coefficient (Wildman–Crippen LogP) is -0.329. The van der Waals surface area contributed by atoms with Crippen LogP contribution in [0.4, 0.5) is 4.79 Å². The van der Waals surface area contributed by atoms with Crippen LogP contribution in [0.5, 0.6) is 5.75 Å². The molecule has 6 atom stereocenters. The topological polar surface area (TPSA) is 144 Å². The van der Waals surface area contributed by atoms with Crippen LogP contribution in [0, 0.1) is 5.92 Å². The number of methoxy groups -OCH3 is 1. The number of nitrogens with one attached hydrogen (secondary N) is 1. The third kappa shape index (κ3) is 6.75. The highest BCUT2D eigenvalue weighted by Gasteiger charge is 2.44. The molecular formula is C25H36BN3O9S.